The molecule has 4 nitrogen and oxygen atoms in total. The fourth-order valence-corrected chi connectivity index (χ4v) is 4.23. The minimum absolute atomic E-state index is 0.187. The van der Waals surface area contributed by atoms with Crippen LogP contribution in [-0.2, 0) is 10.0 Å². The molecule has 1 unspecified atom stereocenters. The summed E-state index contributed by atoms with van der Waals surface area (Å²) in [6, 6.07) is 4.64. The molecule has 1 fully saturated rings. The molecule has 0 aromatic heterocycles. The molecule has 1 atom stereocenters. The van der Waals surface area contributed by atoms with E-state index in [2.05, 4.69) is 5.32 Å². The van der Waals surface area contributed by atoms with Crippen LogP contribution in [0, 0.1) is 0 Å². The van der Waals surface area contributed by atoms with Crippen LogP contribution in [0.1, 0.15) is 19.8 Å². The van der Waals surface area contributed by atoms with Crippen molar-refractivity contribution >= 4 is 33.2 Å². The van der Waals surface area contributed by atoms with Crippen molar-refractivity contribution in [2.75, 3.05) is 19.6 Å². The monoisotopic (exact) mass is 336 g/mol. The van der Waals surface area contributed by atoms with Gasteiger partial charge in [-0.2, -0.15) is 4.31 Å². The van der Waals surface area contributed by atoms with Gasteiger partial charge in [0.15, 0.2) is 0 Å². The van der Waals surface area contributed by atoms with Gasteiger partial charge in [-0.15, -0.1) is 0 Å². The average molecular weight is 337 g/mol. The van der Waals surface area contributed by atoms with E-state index < -0.39 is 10.0 Å². The Morgan fingerprint density at radius 1 is 1.35 bits per heavy atom. The van der Waals surface area contributed by atoms with Crippen molar-refractivity contribution < 1.29 is 8.42 Å². The van der Waals surface area contributed by atoms with Gasteiger partial charge in [0.2, 0.25) is 10.0 Å². The van der Waals surface area contributed by atoms with E-state index in [1.54, 1.807) is 0 Å². The van der Waals surface area contributed by atoms with Crippen LogP contribution >= 0.6 is 23.2 Å². The van der Waals surface area contributed by atoms with Gasteiger partial charge < -0.3 is 5.32 Å². The third kappa shape index (κ3) is 3.46. The quantitative estimate of drug-likeness (QED) is 0.899. The Morgan fingerprint density at radius 3 is 2.65 bits per heavy atom. The lowest BCUT2D eigenvalue weighted by molar-refractivity contribution is 0.383. The van der Waals surface area contributed by atoms with Gasteiger partial charge in [0.25, 0.3) is 0 Å². The summed E-state index contributed by atoms with van der Waals surface area (Å²) >= 11 is 11.7. The lowest BCUT2D eigenvalue weighted by Crippen LogP contribution is -2.40. The van der Waals surface area contributed by atoms with Crippen LogP contribution in [0.2, 0.25) is 10.0 Å². The molecule has 1 aromatic rings. The summed E-state index contributed by atoms with van der Waals surface area (Å²) < 4.78 is 26.7. The summed E-state index contributed by atoms with van der Waals surface area (Å²) in [7, 11) is -3.53. The third-order valence-electron chi connectivity index (χ3n) is 3.47. The van der Waals surface area contributed by atoms with Gasteiger partial charge in [-0.25, -0.2) is 8.42 Å². The number of sulfonamides is 1. The van der Waals surface area contributed by atoms with Crippen molar-refractivity contribution in [3.8, 4) is 0 Å². The fraction of sp³-hybridized carbons (Fsp3) is 0.538. The Labute approximate surface area is 130 Å². The molecule has 2 rings (SSSR count). The van der Waals surface area contributed by atoms with E-state index in [-0.39, 0.29) is 16.0 Å². The van der Waals surface area contributed by atoms with Crippen LogP contribution < -0.4 is 5.32 Å². The van der Waals surface area contributed by atoms with Crippen LogP contribution in [0.3, 0.4) is 0 Å². The number of nitrogens with zero attached hydrogens (tertiary/aromatic N) is 1. The Morgan fingerprint density at radius 2 is 2.10 bits per heavy atom. The molecule has 1 N–H and O–H groups in total. The van der Waals surface area contributed by atoms with Gasteiger partial charge in [0.05, 0.1) is 14.9 Å². The van der Waals surface area contributed by atoms with E-state index in [4.69, 9.17) is 23.2 Å². The standard InChI is InChI=1S/C13H18Cl2N2O2S/c1-2-17(9-10-4-3-7-16-10)20(18,19)11-5-6-12(14)13(15)8-11/h5-6,8,10,16H,2-4,7,9H2,1H3. The van der Waals surface area contributed by atoms with E-state index >= 15 is 0 Å². The Hall–Kier alpha value is -0.330. The number of hydrogen-bond donors (Lipinski definition) is 1. The molecule has 1 aliphatic heterocycles. The first-order chi connectivity index (χ1) is 9.45. The van der Waals surface area contributed by atoms with E-state index in [0.717, 1.165) is 19.4 Å². The summed E-state index contributed by atoms with van der Waals surface area (Å²) in [6.45, 7) is 3.71. The first kappa shape index (κ1) is 16.0. The molecule has 0 saturated carbocycles. The average Bonchev–Trinajstić information content (AvgIpc) is 2.91. The van der Waals surface area contributed by atoms with Crippen molar-refractivity contribution in [1.29, 1.82) is 0 Å². The maximum absolute atomic E-state index is 12.6. The van der Waals surface area contributed by atoms with Crippen molar-refractivity contribution in [2.24, 2.45) is 0 Å². The van der Waals surface area contributed by atoms with Crippen molar-refractivity contribution in [3.05, 3.63) is 28.2 Å². The molecule has 1 saturated heterocycles. The maximum Gasteiger partial charge on any atom is 0.243 e. The number of benzene rings is 1. The highest BCUT2D eigenvalue weighted by atomic mass is 35.5. The number of rotatable bonds is 5. The minimum Gasteiger partial charge on any atom is -0.313 e. The number of likely N-dealkylation sites (N-methyl/N-ethyl adjacent to an activating group) is 1. The van der Waals surface area contributed by atoms with Gasteiger partial charge in [0, 0.05) is 19.1 Å². The Kier molecular flexibility index (Phi) is 5.31. The number of halogens is 2. The highest BCUT2D eigenvalue weighted by molar-refractivity contribution is 7.89. The molecule has 20 heavy (non-hydrogen) atoms. The maximum atomic E-state index is 12.6. The Bertz CT molecular complexity index is 572. The number of hydrogen-bond acceptors (Lipinski definition) is 3. The SMILES string of the molecule is CCN(CC1CCCN1)S(=O)(=O)c1ccc(Cl)c(Cl)c1. The topological polar surface area (TPSA) is 49.4 Å². The van der Waals surface area contributed by atoms with Crippen LogP contribution in [0.25, 0.3) is 0 Å². The largest absolute Gasteiger partial charge is 0.313 e. The zero-order chi connectivity index (χ0) is 14.8. The van der Waals surface area contributed by atoms with Crippen LogP contribution in [0.4, 0.5) is 0 Å². The fourth-order valence-electron chi connectivity index (χ4n) is 2.34. The first-order valence-corrected chi connectivity index (χ1v) is 8.83. The zero-order valence-corrected chi connectivity index (χ0v) is 13.6. The van der Waals surface area contributed by atoms with Gasteiger partial charge in [0.1, 0.15) is 0 Å². The smallest absolute Gasteiger partial charge is 0.243 e. The molecule has 0 spiro atoms. The van der Waals surface area contributed by atoms with E-state index in [9.17, 15) is 8.42 Å². The predicted octanol–water partition coefficient (Wildman–Crippen LogP) is 2.76. The predicted molar refractivity (Wildman–Crippen MR) is 81.9 cm³/mol. The summed E-state index contributed by atoms with van der Waals surface area (Å²) in [5.74, 6) is 0. The highest BCUT2D eigenvalue weighted by Crippen LogP contribution is 2.26. The third-order valence-corrected chi connectivity index (χ3v) is 6.14. The molecule has 112 valence electrons. The van der Waals surface area contributed by atoms with E-state index in [1.807, 2.05) is 6.92 Å². The number of nitrogens with one attached hydrogen (secondary N) is 1. The van der Waals surface area contributed by atoms with Crippen LogP contribution in [-0.4, -0.2) is 38.4 Å². The van der Waals surface area contributed by atoms with E-state index in [1.165, 1.54) is 22.5 Å². The second-order valence-electron chi connectivity index (χ2n) is 4.82. The summed E-state index contributed by atoms with van der Waals surface area (Å²) in [4.78, 5) is 0.187. The lowest BCUT2D eigenvalue weighted by Gasteiger charge is -2.24. The Balaban J connectivity index is 2.23. The molecular weight excluding hydrogens is 319 g/mol. The van der Waals surface area contributed by atoms with Crippen molar-refractivity contribution in [2.45, 2.75) is 30.7 Å². The van der Waals surface area contributed by atoms with Gasteiger partial charge >= 0.3 is 0 Å². The molecule has 0 amide bonds. The van der Waals surface area contributed by atoms with Crippen LogP contribution in [0.5, 0.6) is 0 Å². The van der Waals surface area contributed by atoms with Crippen molar-refractivity contribution in [3.63, 3.8) is 0 Å². The second-order valence-corrected chi connectivity index (χ2v) is 7.58. The normalized spacial score (nSPS) is 19.7. The molecule has 0 aliphatic carbocycles. The molecule has 1 aromatic carbocycles. The van der Waals surface area contributed by atoms with Gasteiger partial charge in [-0.3, -0.25) is 0 Å². The van der Waals surface area contributed by atoms with Gasteiger partial charge in [-0.1, -0.05) is 30.1 Å². The first-order valence-electron chi connectivity index (χ1n) is 6.63. The summed E-state index contributed by atoms with van der Waals surface area (Å²) in [6.07, 6.45) is 2.10. The van der Waals surface area contributed by atoms with Crippen LogP contribution in [0.15, 0.2) is 23.1 Å². The molecule has 1 aliphatic rings. The van der Waals surface area contributed by atoms with Gasteiger partial charge in [-0.05, 0) is 37.6 Å². The highest BCUT2D eigenvalue weighted by Gasteiger charge is 2.27. The van der Waals surface area contributed by atoms with Crippen molar-refractivity contribution in [1.82, 2.24) is 9.62 Å². The lowest BCUT2D eigenvalue weighted by atomic mass is 10.2. The molecule has 0 radical (unpaired) electrons. The summed E-state index contributed by atoms with van der Waals surface area (Å²) in [5.41, 5.74) is 0. The molecule has 0 bridgehead atoms. The summed E-state index contributed by atoms with van der Waals surface area (Å²) in [5, 5.41) is 3.92. The minimum atomic E-state index is -3.53. The van der Waals surface area contributed by atoms with E-state index in [0.29, 0.717) is 18.1 Å². The molecular formula is C13H18Cl2N2O2S. The zero-order valence-electron chi connectivity index (χ0n) is 11.3. The molecule has 1 heterocycles. The second kappa shape index (κ2) is 6.62. The molecule has 7 heteroatoms.